The van der Waals surface area contributed by atoms with Crippen LogP contribution >= 0.6 is 31.9 Å². The Morgan fingerprint density at radius 3 is 1.26 bits per heavy atom. The maximum atomic E-state index is 3.74. The van der Waals surface area contributed by atoms with E-state index in [2.05, 4.69) is 176 Å². The fourth-order valence-corrected chi connectivity index (χ4v) is 8.62. The SMILES string of the molecule is CCCCCc1cccc2c3cc(Br)ccc3n(-c3ccc(-c4ccc(-n5c6ccc(Br)cc6c6cccc(CCCCC)c65)cc4)cc3)c12. The third kappa shape index (κ3) is 6.01. The van der Waals surface area contributed by atoms with Crippen molar-refractivity contribution in [1.82, 2.24) is 9.13 Å². The van der Waals surface area contributed by atoms with Gasteiger partial charge in [-0.2, -0.15) is 0 Å². The van der Waals surface area contributed by atoms with Crippen LogP contribution in [0.25, 0.3) is 66.1 Å². The van der Waals surface area contributed by atoms with Crippen molar-refractivity contribution in [2.75, 3.05) is 0 Å². The second-order valence-corrected chi connectivity index (χ2v) is 15.5. The lowest BCUT2D eigenvalue weighted by Crippen LogP contribution is -1.98. The number of hydrogen-bond donors (Lipinski definition) is 0. The largest absolute Gasteiger partial charge is 0.309 e. The van der Waals surface area contributed by atoms with E-state index in [1.807, 2.05) is 0 Å². The van der Waals surface area contributed by atoms with Gasteiger partial charge < -0.3 is 9.13 Å². The highest BCUT2D eigenvalue weighted by molar-refractivity contribution is 9.10. The van der Waals surface area contributed by atoms with E-state index in [1.54, 1.807) is 0 Å². The van der Waals surface area contributed by atoms with Crippen LogP contribution < -0.4 is 0 Å². The van der Waals surface area contributed by atoms with E-state index in [-0.39, 0.29) is 0 Å². The molecule has 50 heavy (non-hydrogen) atoms. The van der Waals surface area contributed by atoms with Gasteiger partial charge in [-0.25, -0.2) is 0 Å². The fourth-order valence-electron chi connectivity index (χ4n) is 7.90. The van der Waals surface area contributed by atoms with E-state index in [0.717, 1.165) is 21.8 Å². The molecular weight excluding hydrogens is 740 g/mol. The summed E-state index contributed by atoms with van der Waals surface area (Å²) in [5, 5.41) is 5.22. The van der Waals surface area contributed by atoms with Crippen LogP contribution in [0, 0.1) is 0 Å². The monoisotopic (exact) mass is 780 g/mol. The molecule has 8 aromatic rings. The highest BCUT2D eigenvalue weighted by Gasteiger charge is 2.18. The number of halogens is 2. The minimum absolute atomic E-state index is 1.09. The smallest absolute Gasteiger partial charge is 0.0573 e. The molecule has 0 saturated carbocycles. The first-order chi connectivity index (χ1) is 24.6. The fraction of sp³-hybridized carbons (Fsp3) is 0.217. The van der Waals surface area contributed by atoms with Gasteiger partial charge in [-0.05, 0) is 109 Å². The van der Waals surface area contributed by atoms with Gasteiger partial charge in [0.25, 0.3) is 0 Å². The molecule has 0 saturated heterocycles. The summed E-state index contributed by atoms with van der Waals surface area (Å²) in [6.45, 7) is 4.55. The van der Waals surface area contributed by atoms with Crippen LogP contribution in [-0.2, 0) is 12.8 Å². The highest BCUT2D eigenvalue weighted by atomic mass is 79.9. The normalized spacial score (nSPS) is 11.8. The number of fused-ring (bicyclic) bond motifs is 6. The van der Waals surface area contributed by atoms with Gasteiger partial charge >= 0.3 is 0 Å². The molecule has 0 radical (unpaired) electrons. The van der Waals surface area contributed by atoms with Crippen LogP contribution in [0.1, 0.15) is 63.5 Å². The van der Waals surface area contributed by atoms with Gasteiger partial charge in [0.2, 0.25) is 0 Å². The molecule has 0 aliphatic carbocycles. The Hall–Kier alpha value is -4.12. The summed E-state index contributed by atoms with van der Waals surface area (Å²) in [6, 6.07) is 45.3. The Kier molecular flexibility index (Phi) is 9.42. The topological polar surface area (TPSA) is 9.86 Å². The average Bonchev–Trinajstić information content (AvgIpc) is 3.65. The third-order valence-electron chi connectivity index (χ3n) is 10.3. The number of aromatic nitrogens is 2. The standard InChI is InChI=1S/C46H42Br2N2/c1-3-5-7-11-33-13-9-15-39-41-29-35(47)21-27-43(41)49(45(33)39)37-23-17-31(18-24-37)32-19-25-38(26-20-32)50-44-28-22-36(48)30-42(44)40-16-10-14-34(46(40)50)12-8-6-4-2/h9-10,13-30H,3-8,11-12H2,1-2H3. The number of nitrogens with zero attached hydrogens (tertiary/aromatic N) is 2. The molecule has 0 spiro atoms. The summed E-state index contributed by atoms with van der Waals surface area (Å²) in [5.74, 6) is 0. The molecule has 0 aliphatic rings. The predicted molar refractivity (Wildman–Crippen MR) is 222 cm³/mol. The molecule has 0 unspecified atom stereocenters. The molecule has 0 amide bonds. The number of rotatable bonds is 11. The van der Waals surface area contributed by atoms with Gasteiger partial charge in [0.05, 0.1) is 22.1 Å². The molecule has 0 N–H and O–H groups in total. The minimum Gasteiger partial charge on any atom is -0.309 e. The molecular formula is C46H42Br2N2. The van der Waals surface area contributed by atoms with Gasteiger partial charge in [-0.15, -0.1) is 0 Å². The number of hydrogen-bond acceptors (Lipinski definition) is 0. The number of aryl methyl sites for hydroxylation is 2. The van der Waals surface area contributed by atoms with Gasteiger partial charge in [0, 0.05) is 41.9 Å². The first-order valence-corrected chi connectivity index (χ1v) is 19.8. The van der Waals surface area contributed by atoms with Crippen molar-refractivity contribution in [3.8, 4) is 22.5 Å². The van der Waals surface area contributed by atoms with Crippen LogP contribution in [0.5, 0.6) is 0 Å². The number of para-hydroxylation sites is 2. The Bertz CT molecular complexity index is 2290. The quantitative estimate of drug-likeness (QED) is 0.116. The van der Waals surface area contributed by atoms with Gasteiger partial charge in [0.1, 0.15) is 0 Å². The Balaban J connectivity index is 1.18. The number of benzene rings is 6. The van der Waals surface area contributed by atoms with Crippen molar-refractivity contribution in [1.29, 1.82) is 0 Å². The van der Waals surface area contributed by atoms with Crippen molar-refractivity contribution in [3.63, 3.8) is 0 Å². The summed E-state index contributed by atoms with van der Waals surface area (Å²) in [6.07, 6.45) is 9.57. The van der Waals surface area contributed by atoms with E-state index in [9.17, 15) is 0 Å². The van der Waals surface area contributed by atoms with Crippen molar-refractivity contribution in [2.24, 2.45) is 0 Å². The molecule has 0 aliphatic heterocycles. The molecule has 8 rings (SSSR count). The van der Waals surface area contributed by atoms with E-state index in [0.29, 0.717) is 0 Å². The van der Waals surface area contributed by atoms with Crippen LogP contribution in [0.15, 0.2) is 130 Å². The summed E-state index contributed by atoms with van der Waals surface area (Å²) in [4.78, 5) is 0. The third-order valence-corrected chi connectivity index (χ3v) is 11.3. The zero-order chi connectivity index (χ0) is 34.2. The van der Waals surface area contributed by atoms with E-state index < -0.39 is 0 Å². The summed E-state index contributed by atoms with van der Waals surface area (Å²) >= 11 is 7.47. The Labute approximate surface area is 312 Å². The van der Waals surface area contributed by atoms with Crippen LogP contribution in [0.4, 0.5) is 0 Å². The zero-order valence-corrected chi connectivity index (χ0v) is 32.0. The van der Waals surface area contributed by atoms with Gasteiger partial charge in [-0.3, -0.25) is 0 Å². The average molecular weight is 783 g/mol. The second kappa shape index (κ2) is 14.2. The Morgan fingerprint density at radius 1 is 0.440 bits per heavy atom. The molecule has 6 aromatic carbocycles. The minimum atomic E-state index is 1.09. The number of unbranched alkanes of at least 4 members (excludes halogenated alkanes) is 4. The molecule has 0 fully saturated rings. The molecule has 2 nitrogen and oxygen atoms in total. The first-order valence-electron chi connectivity index (χ1n) is 18.2. The zero-order valence-electron chi connectivity index (χ0n) is 28.9. The second-order valence-electron chi connectivity index (χ2n) is 13.6. The first kappa shape index (κ1) is 33.0. The molecule has 250 valence electrons. The van der Waals surface area contributed by atoms with Crippen molar-refractivity contribution in [3.05, 3.63) is 141 Å². The van der Waals surface area contributed by atoms with Crippen molar-refractivity contribution >= 4 is 75.5 Å². The molecule has 0 bridgehead atoms. The lowest BCUT2D eigenvalue weighted by atomic mass is 10.0. The lowest BCUT2D eigenvalue weighted by Gasteiger charge is -2.14. The maximum Gasteiger partial charge on any atom is 0.0573 e. The summed E-state index contributed by atoms with van der Waals surface area (Å²) in [7, 11) is 0. The van der Waals surface area contributed by atoms with E-state index in [4.69, 9.17) is 0 Å². The molecule has 2 aromatic heterocycles. The summed E-state index contributed by atoms with van der Waals surface area (Å²) < 4.78 is 7.18. The molecule has 2 heterocycles. The summed E-state index contributed by atoms with van der Waals surface area (Å²) in [5.41, 5.74) is 12.8. The maximum absolute atomic E-state index is 3.74. The van der Waals surface area contributed by atoms with Gasteiger partial charge in [0.15, 0.2) is 0 Å². The highest BCUT2D eigenvalue weighted by Crippen LogP contribution is 2.38. The van der Waals surface area contributed by atoms with Crippen molar-refractivity contribution < 1.29 is 0 Å². The van der Waals surface area contributed by atoms with Crippen molar-refractivity contribution in [2.45, 2.75) is 65.2 Å². The molecule has 0 atom stereocenters. The van der Waals surface area contributed by atoms with Crippen LogP contribution in [0.2, 0.25) is 0 Å². The van der Waals surface area contributed by atoms with Crippen LogP contribution in [-0.4, -0.2) is 9.13 Å². The lowest BCUT2D eigenvalue weighted by molar-refractivity contribution is 0.718. The Morgan fingerprint density at radius 2 is 0.860 bits per heavy atom. The van der Waals surface area contributed by atoms with Crippen LogP contribution in [0.3, 0.4) is 0 Å². The molecule has 4 heteroatoms. The van der Waals surface area contributed by atoms with E-state index >= 15 is 0 Å². The van der Waals surface area contributed by atoms with E-state index in [1.165, 1.54) is 116 Å². The van der Waals surface area contributed by atoms with Gasteiger partial charge in [-0.1, -0.05) is 132 Å². The predicted octanol–water partition coefficient (Wildman–Crippen LogP) is 14.5.